The maximum absolute atomic E-state index is 13.4. The summed E-state index contributed by atoms with van der Waals surface area (Å²) in [6.07, 6.45) is 0.701. The van der Waals surface area contributed by atoms with Crippen LogP contribution >= 0.6 is 0 Å². The second-order valence-electron chi connectivity index (χ2n) is 8.01. The topological polar surface area (TPSA) is 111 Å². The maximum Gasteiger partial charge on any atom is 0.264 e. The molecule has 1 aliphatic rings. The van der Waals surface area contributed by atoms with Crippen LogP contribution in [-0.4, -0.2) is 70.1 Å². The van der Waals surface area contributed by atoms with Crippen molar-refractivity contribution in [2.75, 3.05) is 13.1 Å². The first-order valence-electron chi connectivity index (χ1n) is 10.0. The van der Waals surface area contributed by atoms with Crippen molar-refractivity contribution in [1.82, 2.24) is 34.0 Å². The Balaban J connectivity index is 1.40. The van der Waals surface area contributed by atoms with Crippen molar-refractivity contribution in [3.63, 3.8) is 0 Å². The first kappa shape index (κ1) is 22.0. The van der Waals surface area contributed by atoms with Gasteiger partial charge in [-0.25, -0.2) is 13.8 Å². The van der Waals surface area contributed by atoms with Gasteiger partial charge in [0, 0.05) is 32.4 Å². The van der Waals surface area contributed by atoms with E-state index in [1.165, 1.54) is 26.7 Å². The molecule has 3 aromatic heterocycles. The third-order valence-electron chi connectivity index (χ3n) is 5.82. The Morgan fingerprint density at radius 1 is 1.31 bits per heavy atom. The fourth-order valence-corrected chi connectivity index (χ4v) is 3.93. The molecule has 1 saturated heterocycles. The number of nitrogens with zero attached hydrogens (tertiary/aromatic N) is 7. The van der Waals surface area contributed by atoms with Crippen molar-refractivity contribution in [3.8, 4) is 0 Å². The summed E-state index contributed by atoms with van der Waals surface area (Å²) in [6, 6.07) is -0.635. The number of amides is 1. The Morgan fingerprint density at radius 2 is 2.03 bits per heavy atom. The van der Waals surface area contributed by atoms with Crippen molar-refractivity contribution in [2.45, 2.75) is 43.9 Å². The number of halogens is 3. The third kappa shape index (κ3) is 4.24. The Kier molecular flexibility index (Phi) is 5.75. The molecule has 32 heavy (non-hydrogen) atoms. The van der Waals surface area contributed by atoms with Gasteiger partial charge in [0.05, 0.1) is 24.8 Å². The Bertz CT molecular complexity index is 1180. The number of carbonyl (C=O) groups excluding carboxylic acids is 1. The van der Waals surface area contributed by atoms with Crippen LogP contribution in [0.1, 0.15) is 25.3 Å². The van der Waals surface area contributed by atoms with Gasteiger partial charge in [-0.2, -0.15) is 9.49 Å². The monoisotopic (exact) mass is 453 g/mol. The number of piperidine rings is 1. The Hall–Kier alpha value is -3.22. The molecule has 0 spiro atoms. The molecule has 0 saturated carbocycles. The quantitative estimate of drug-likeness (QED) is 0.589. The van der Waals surface area contributed by atoms with E-state index in [0.717, 1.165) is 16.9 Å². The molecule has 0 unspecified atom stereocenters. The van der Waals surface area contributed by atoms with Gasteiger partial charge in [-0.3, -0.25) is 23.5 Å². The van der Waals surface area contributed by atoms with Crippen molar-refractivity contribution in [1.29, 1.82) is 0 Å². The van der Waals surface area contributed by atoms with Gasteiger partial charge in [-0.15, -0.1) is 5.10 Å². The molecule has 4 rings (SSSR count). The lowest BCUT2D eigenvalue weighted by Gasteiger charge is -2.38. The van der Waals surface area contributed by atoms with Crippen molar-refractivity contribution in [2.24, 2.45) is 7.05 Å². The largest absolute Gasteiger partial charge is 0.388 e. The smallest absolute Gasteiger partial charge is 0.264 e. The van der Waals surface area contributed by atoms with E-state index in [1.54, 1.807) is 7.05 Å². The lowest BCUT2D eigenvalue weighted by molar-refractivity contribution is -0.138. The zero-order chi connectivity index (χ0) is 23.0. The summed E-state index contributed by atoms with van der Waals surface area (Å²) >= 11 is 0. The van der Waals surface area contributed by atoms with Crippen LogP contribution in [0.3, 0.4) is 0 Å². The van der Waals surface area contributed by atoms with Crippen LogP contribution in [0.4, 0.5) is 13.2 Å². The molecule has 13 heteroatoms. The number of likely N-dealkylation sites (tertiary alicyclic amines) is 1. The van der Waals surface area contributed by atoms with E-state index in [2.05, 4.69) is 15.2 Å². The maximum atomic E-state index is 13.4. The second-order valence-corrected chi connectivity index (χ2v) is 8.01. The average molecular weight is 453 g/mol. The summed E-state index contributed by atoms with van der Waals surface area (Å²) in [5.74, 6) is -1.44. The molecule has 1 atom stereocenters. The van der Waals surface area contributed by atoms with Crippen LogP contribution in [0.15, 0.2) is 29.6 Å². The molecule has 4 heterocycles. The standard InChI is InChI=1S/C19H22F3N7O3/c1-26-17-12(9-24-26)18(31)28(11-23-17)10-19(32)3-6-27(7-4-19)15(30)8-13(16(21)22)29-5-2-14(20)25-29/h2,5,9,11,13,16,32H,3-4,6-8,10H2,1H3/t13-/m1/s1. The molecule has 1 aliphatic heterocycles. The van der Waals surface area contributed by atoms with Crippen LogP contribution in [-0.2, 0) is 18.4 Å². The Labute approximate surface area is 179 Å². The van der Waals surface area contributed by atoms with Gasteiger partial charge in [-0.1, -0.05) is 0 Å². The predicted octanol–water partition coefficient (Wildman–Crippen LogP) is 0.716. The highest BCUT2D eigenvalue weighted by Gasteiger charge is 2.36. The molecular formula is C19H22F3N7O3. The molecule has 0 bridgehead atoms. The van der Waals surface area contributed by atoms with Crippen LogP contribution in [0.2, 0.25) is 0 Å². The van der Waals surface area contributed by atoms with Gasteiger partial charge in [-0.05, 0) is 12.8 Å². The SMILES string of the molecule is Cn1ncc2c(=O)n(CC3(O)CCN(C(=O)C[C@H](C(F)F)n4ccc(F)n4)CC3)cnc21. The molecule has 172 valence electrons. The molecule has 1 amide bonds. The first-order chi connectivity index (χ1) is 15.2. The number of fused-ring (bicyclic) bond motifs is 1. The number of carbonyl (C=O) groups is 1. The van der Waals surface area contributed by atoms with Crippen molar-refractivity contribution >= 4 is 16.9 Å². The van der Waals surface area contributed by atoms with E-state index in [-0.39, 0.29) is 38.0 Å². The number of aliphatic hydroxyl groups is 1. The second kappa shape index (κ2) is 8.37. The predicted molar refractivity (Wildman–Crippen MR) is 105 cm³/mol. The highest BCUT2D eigenvalue weighted by atomic mass is 19.3. The highest BCUT2D eigenvalue weighted by Crippen LogP contribution is 2.27. The summed E-state index contributed by atoms with van der Waals surface area (Å²) in [6.45, 7) is 0.254. The van der Waals surface area contributed by atoms with Crippen molar-refractivity contribution < 1.29 is 23.1 Å². The van der Waals surface area contributed by atoms with E-state index < -0.39 is 36.3 Å². The molecule has 10 nitrogen and oxygen atoms in total. The van der Waals surface area contributed by atoms with Gasteiger partial charge in [0.25, 0.3) is 12.0 Å². The van der Waals surface area contributed by atoms with Crippen molar-refractivity contribution in [3.05, 3.63) is 41.1 Å². The lowest BCUT2D eigenvalue weighted by atomic mass is 9.91. The summed E-state index contributed by atoms with van der Waals surface area (Å²) in [7, 11) is 1.67. The number of rotatable bonds is 6. The number of alkyl halides is 2. The molecule has 1 N–H and O–H groups in total. The Morgan fingerprint density at radius 3 is 2.66 bits per heavy atom. The summed E-state index contributed by atoms with van der Waals surface area (Å²) in [4.78, 5) is 30.8. The normalized spacial score (nSPS) is 17.2. The van der Waals surface area contributed by atoms with Gasteiger partial charge < -0.3 is 10.0 Å². The number of aryl methyl sites for hydroxylation is 1. The molecule has 0 radical (unpaired) electrons. The molecule has 0 aromatic carbocycles. The molecule has 3 aromatic rings. The van der Waals surface area contributed by atoms with Gasteiger partial charge >= 0.3 is 0 Å². The third-order valence-corrected chi connectivity index (χ3v) is 5.82. The van der Waals surface area contributed by atoms with Crippen LogP contribution < -0.4 is 5.56 Å². The van der Waals surface area contributed by atoms with Gasteiger partial charge in [0.15, 0.2) is 5.65 Å². The zero-order valence-electron chi connectivity index (χ0n) is 17.2. The minimum atomic E-state index is -2.90. The van der Waals surface area contributed by atoms with Crippen LogP contribution in [0, 0.1) is 5.95 Å². The fourth-order valence-electron chi connectivity index (χ4n) is 3.93. The van der Waals surface area contributed by atoms with Gasteiger partial charge in [0.2, 0.25) is 11.9 Å². The first-order valence-corrected chi connectivity index (χ1v) is 10.0. The van der Waals surface area contributed by atoms with E-state index in [9.17, 15) is 27.9 Å². The minimum absolute atomic E-state index is 0.0160. The van der Waals surface area contributed by atoms with E-state index >= 15 is 0 Å². The van der Waals surface area contributed by atoms with Crippen LogP contribution in [0.25, 0.3) is 11.0 Å². The highest BCUT2D eigenvalue weighted by molar-refractivity contribution is 5.76. The number of aromatic nitrogens is 6. The summed E-state index contributed by atoms with van der Waals surface area (Å²) in [5.41, 5.74) is -1.16. The molecular weight excluding hydrogens is 431 g/mol. The lowest BCUT2D eigenvalue weighted by Crippen LogP contribution is -2.50. The fraction of sp³-hybridized carbons (Fsp3) is 0.526. The van der Waals surface area contributed by atoms with E-state index in [0.29, 0.717) is 11.0 Å². The van der Waals surface area contributed by atoms with E-state index in [1.807, 2.05) is 0 Å². The summed E-state index contributed by atoms with van der Waals surface area (Å²) in [5, 5.41) is 18.6. The van der Waals surface area contributed by atoms with Crippen LogP contribution in [0.5, 0.6) is 0 Å². The average Bonchev–Trinajstić information content (AvgIpc) is 3.34. The molecule has 0 aliphatic carbocycles. The number of hydrogen-bond acceptors (Lipinski definition) is 6. The minimum Gasteiger partial charge on any atom is -0.388 e. The number of hydrogen-bond donors (Lipinski definition) is 1. The zero-order valence-corrected chi connectivity index (χ0v) is 17.2. The molecule has 1 fully saturated rings. The van der Waals surface area contributed by atoms with Gasteiger partial charge in [0.1, 0.15) is 17.8 Å². The van der Waals surface area contributed by atoms with E-state index in [4.69, 9.17) is 0 Å². The summed E-state index contributed by atoms with van der Waals surface area (Å²) < 4.78 is 43.4.